The van der Waals surface area contributed by atoms with Gasteiger partial charge in [-0.1, -0.05) is 53.5 Å². The van der Waals surface area contributed by atoms with E-state index < -0.39 is 23.5 Å². The Kier molecular flexibility index (Phi) is 10.2. The number of amides is 1. The standard InChI is InChI=1S/C30H33Cl2NO6/c1-30(2,3)39-29(36)23(33-28(35)27-21(31)7-6-8-22(27)32)15-18-9-11-20(12-10-18)26-24(37-4)16-19(13-14-34)17-25(26)38-5/h6-12,16-17,23,34H,13-15H2,1-5H3,(H,33,35)/t23-/m0/s1. The number of hydrogen-bond acceptors (Lipinski definition) is 6. The van der Waals surface area contributed by atoms with Crippen LogP contribution in [-0.4, -0.2) is 49.5 Å². The van der Waals surface area contributed by atoms with Crippen LogP contribution in [0.3, 0.4) is 0 Å². The number of aliphatic hydroxyl groups is 1. The summed E-state index contributed by atoms with van der Waals surface area (Å²) in [6.07, 6.45) is 0.649. The smallest absolute Gasteiger partial charge is 0.329 e. The maximum atomic E-state index is 13.1. The first-order valence-corrected chi connectivity index (χ1v) is 13.2. The maximum absolute atomic E-state index is 13.1. The highest BCUT2D eigenvalue weighted by Crippen LogP contribution is 2.40. The van der Waals surface area contributed by atoms with Gasteiger partial charge >= 0.3 is 5.97 Å². The van der Waals surface area contributed by atoms with Crippen LogP contribution in [0.2, 0.25) is 10.0 Å². The number of esters is 1. The molecule has 0 saturated heterocycles. The van der Waals surface area contributed by atoms with E-state index in [9.17, 15) is 14.7 Å². The average molecular weight is 575 g/mol. The Balaban J connectivity index is 1.91. The number of hydrogen-bond donors (Lipinski definition) is 2. The minimum absolute atomic E-state index is 0.0123. The fourth-order valence-corrected chi connectivity index (χ4v) is 4.65. The number of benzene rings is 3. The first kappa shape index (κ1) is 30.3. The third-order valence-electron chi connectivity index (χ3n) is 5.83. The predicted molar refractivity (Wildman–Crippen MR) is 153 cm³/mol. The Labute approximate surface area is 239 Å². The van der Waals surface area contributed by atoms with Crippen LogP contribution in [0.5, 0.6) is 11.5 Å². The van der Waals surface area contributed by atoms with Crippen molar-refractivity contribution in [1.29, 1.82) is 0 Å². The highest BCUT2D eigenvalue weighted by molar-refractivity contribution is 6.39. The summed E-state index contributed by atoms with van der Waals surface area (Å²) in [7, 11) is 3.16. The van der Waals surface area contributed by atoms with Crippen molar-refractivity contribution < 1.29 is 28.9 Å². The maximum Gasteiger partial charge on any atom is 0.329 e. The molecule has 1 atom stereocenters. The van der Waals surface area contributed by atoms with Crippen molar-refractivity contribution in [3.63, 3.8) is 0 Å². The number of rotatable bonds is 10. The number of halogens is 2. The molecule has 208 valence electrons. The lowest BCUT2D eigenvalue weighted by atomic mass is 9.97. The third-order valence-corrected chi connectivity index (χ3v) is 6.46. The van der Waals surface area contributed by atoms with Crippen molar-refractivity contribution in [1.82, 2.24) is 5.32 Å². The molecule has 0 spiro atoms. The van der Waals surface area contributed by atoms with Gasteiger partial charge in [-0.2, -0.15) is 0 Å². The Bertz CT molecular complexity index is 1270. The molecule has 0 saturated carbocycles. The van der Waals surface area contributed by atoms with Gasteiger partial charge in [-0.15, -0.1) is 0 Å². The van der Waals surface area contributed by atoms with E-state index in [0.717, 1.165) is 22.3 Å². The molecule has 1 amide bonds. The van der Waals surface area contributed by atoms with Crippen molar-refractivity contribution >= 4 is 35.1 Å². The van der Waals surface area contributed by atoms with Gasteiger partial charge in [-0.25, -0.2) is 4.79 Å². The van der Waals surface area contributed by atoms with E-state index in [-0.39, 0.29) is 28.6 Å². The van der Waals surface area contributed by atoms with Gasteiger partial charge in [0, 0.05) is 13.0 Å². The van der Waals surface area contributed by atoms with Crippen molar-refractivity contribution in [2.75, 3.05) is 20.8 Å². The topological polar surface area (TPSA) is 94.1 Å². The molecule has 0 aliphatic carbocycles. The fraction of sp³-hybridized carbons (Fsp3) is 0.333. The predicted octanol–water partition coefficient (Wildman–Crippen LogP) is 5.90. The second kappa shape index (κ2) is 13.2. The van der Waals surface area contributed by atoms with E-state index in [0.29, 0.717) is 17.9 Å². The van der Waals surface area contributed by atoms with E-state index >= 15 is 0 Å². The molecule has 0 aromatic heterocycles. The SMILES string of the molecule is COc1cc(CCO)cc(OC)c1-c1ccc(C[C@H](NC(=O)c2c(Cl)cccc2Cl)C(=O)OC(C)(C)C)cc1. The van der Waals surface area contributed by atoms with Crippen molar-refractivity contribution in [3.8, 4) is 22.6 Å². The Morgan fingerprint density at radius 3 is 1.97 bits per heavy atom. The normalized spacial score (nSPS) is 12.0. The summed E-state index contributed by atoms with van der Waals surface area (Å²) < 4.78 is 16.8. The number of carbonyl (C=O) groups is 2. The first-order valence-electron chi connectivity index (χ1n) is 12.4. The second-order valence-corrected chi connectivity index (χ2v) is 10.7. The number of nitrogens with one attached hydrogen (secondary N) is 1. The van der Waals surface area contributed by atoms with E-state index in [4.69, 9.17) is 37.4 Å². The molecule has 0 bridgehead atoms. The van der Waals surface area contributed by atoms with Crippen LogP contribution in [0.4, 0.5) is 0 Å². The van der Waals surface area contributed by atoms with E-state index in [1.807, 2.05) is 36.4 Å². The molecule has 0 unspecified atom stereocenters. The largest absolute Gasteiger partial charge is 0.496 e. The van der Waals surface area contributed by atoms with Gasteiger partial charge in [0.05, 0.1) is 35.4 Å². The molecule has 3 rings (SSSR count). The lowest BCUT2D eigenvalue weighted by Gasteiger charge is -2.25. The van der Waals surface area contributed by atoms with Crippen molar-refractivity contribution in [2.24, 2.45) is 0 Å². The van der Waals surface area contributed by atoms with Crippen LogP contribution in [0.1, 0.15) is 42.3 Å². The minimum atomic E-state index is -0.989. The molecule has 0 heterocycles. The molecule has 0 aliphatic heterocycles. The van der Waals surface area contributed by atoms with Gasteiger partial charge in [-0.05, 0) is 68.1 Å². The van der Waals surface area contributed by atoms with Crippen LogP contribution in [-0.2, 0) is 22.4 Å². The summed E-state index contributed by atoms with van der Waals surface area (Å²) in [6.45, 7) is 5.29. The number of ether oxygens (including phenoxy) is 3. The molecular formula is C30H33Cl2NO6. The summed E-state index contributed by atoms with van der Waals surface area (Å²) >= 11 is 12.4. The highest BCUT2D eigenvalue weighted by Gasteiger charge is 2.29. The molecule has 7 nitrogen and oxygen atoms in total. The lowest BCUT2D eigenvalue weighted by Crippen LogP contribution is -2.45. The lowest BCUT2D eigenvalue weighted by molar-refractivity contribution is -0.157. The van der Waals surface area contributed by atoms with Crippen molar-refractivity contribution in [3.05, 3.63) is 81.3 Å². The summed E-state index contributed by atoms with van der Waals surface area (Å²) in [5.74, 6) is 0.0727. The van der Waals surface area contributed by atoms with E-state index in [1.54, 1.807) is 53.2 Å². The Hall–Kier alpha value is -3.26. The number of methoxy groups -OCH3 is 2. The van der Waals surface area contributed by atoms with Gasteiger partial charge in [0.2, 0.25) is 0 Å². The van der Waals surface area contributed by atoms with Gasteiger partial charge in [0.25, 0.3) is 5.91 Å². The number of carbonyl (C=O) groups excluding carboxylic acids is 2. The van der Waals surface area contributed by atoms with Crippen LogP contribution >= 0.6 is 23.2 Å². The summed E-state index contributed by atoms with van der Waals surface area (Å²) in [5.41, 5.74) is 2.62. The zero-order valence-corrected chi connectivity index (χ0v) is 24.2. The van der Waals surface area contributed by atoms with Gasteiger partial charge < -0.3 is 24.6 Å². The monoisotopic (exact) mass is 573 g/mol. The van der Waals surface area contributed by atoms with E-state index in [1.165, 1.54) is 0 Å². The molecule has 39 heavy (non-hydrogen) atoms. The number of aliphatic hydroxyl groups excluding tert-OH is 1. The van der Waals surface area contributed by atoms with Crippen LogP contribution in [0, 0.1) is 0 Å². The summed E-state index contributed by atoms with van der Waals surface area (Å²) in [4.78, 5) is 26.2. The molecule has 3 aromatic rings. The first-order chi connectivity index (χ1) is 18.5. The Morgan fingerprint density at radius 2 is 1.49 bits per heavy atom. The fourth-order valence-electron chi connectivity index (χ4n) is 4.08. The van der Waals surface area contributed by atoms with Crippen LogP contribution in [0.15, 0.2) is 54.6 Å². The van der Waals surface area contributed by atoms with Crippen LogP contribution < -0.4 is 14.8 Å². The quantitative estimate of drug-likeness (QED) is 0.293. The molecule has 0 radical (unpaired) electrons. The summed E-state index contributed by atoms with van der Waals surface area (Å²) in [5, 5.41) is 12.4. The summed E-state index contributed by atoms with van der Waals surface area (Å²) in [6, 6.07) is 15.0. The second-order valence-electron chi connectivity index (χ2n) is 9.91. The molecule has 3 aromatic carbocycles. The van der Waals surface area contributed by atoms with E-state index in [2.05, 4.69) is 5.32 Å². The molecule has 9 heteroatoms. The Morgan fingerprint density at radius 1 is 0.923 bits per heavy atom. The molecule has 2 N–H and O–H groups in total. The minimum Gasteiger partial charge on any atom is -0.496 e. The zero-order chi connectivity index (χ0) is 28.7. The third kappa shape index (κ3) is 7.88. The van der Waals surface area contributed by atoms with Crippen molar-refractivity contribution in [2.45, 2.75) is 45.3 Å². The molecule has 0 aliphatic rings. The highest BCUT2D eigenvalue weighted by atomic mass is 35.5. The van der Waals surface area contributed by atoms with Gasteiger partial charge in [0.15, 0.2) is 0 Å². The molecular weight excluding hydrogens is 541 g/mol. The van der Waals surface area contributed by atoms with Gasteiger partial charge in [0.1, 0.15) is 23.1 Å². The zero-order valence-electron chi connectivity index (χ0n) is 22.6. The molecule has 0 fully saturated rings. The van der Waals surface area contributed by atoms with Crippen LogP contribution in [0.25, 0.3) is 11.1 Å². The van der Waals surface area contributed by atoms with Gasteiger partial charge in [-0.3, -0.25) is 4.79 Å². The average Bonchev–Trinajstić information content (AvgIpc) is 2.87.